The van der Waals surface area contributed by atoms with Crippen LogP contribution >= 0.6 is 23.2 Å². The summed E-state index contributed by atoms with van der Waals surface area (Å²) >= 11 is 12.1. The van der Waals surface area contributed by atoms with Crippen molar-refractivity contribution in [1.82, 2.24) is 5.32 Å². The molecule has 0 saturated carbocycles. The van der Waals surface area contributed by atoms with Gasteiger partial charge in [-0.15, -0.1) is 0 Å². The van der Waals surface area contributed by atoms with Crippen molar-refractivity contribution in [3.05, 3.63) is 104 Å². The Balaban J connectivity index is 1.75. The summed E-state index contributed by atoms with van der Waals surface area (Å²) in [7, 11) is 0. The van der Waals surface area contributed by atoms with Gasteiger partial charge in [0.15, 0.2) is 0 Å². The molecule has 0 fully saturated rings. The van der Waals surface area contributed by atoms with Gasteiger partial charge in [0.25, 0.3) is 17.5 Å². The minimum Gasteiger partial charge on any atom is -0.350 e. The zero-order valence-electron chi connectivity index (χ0n) is 16.4. The number of nitro groups is 1. The molecular weight excluding hydrogens is 460 g/mol. The predicted octanol–water partition coefficient (Wildman–Crippen LogP) is 5.12. The van der Waals surface area contributed by atoms with Gasteiger partial charge in [-0.05, 0) is 54.6 Å². The highest BCUT2D eigenvalue weighted by atomic mass is 35.5. The number of nitro benzene ring substituents is 1. The summed E-state index contributed by atoms with van der Waals surface area (Å²) in [5.74, 6) is -1.38. The maximum atomic E-state index is 13.4. The van der Waals surface area contributed by atoms with Crippen molar-refractivity contribution < 1.29 is 18.9 Å². The van der Waals surface area contributed by atoms with Gasteiger partial charge in [-0.25, -0.2) is 4.39 Å². The first-order chi connectivity index (χ1) is 15.3. The molecule has 164 valence electrons. The number of nitrogens with one attached hydrogen (secondary N) is 1. The SMILES string of the molecule is O=C(NCCN(C(=O)c1ccc(Cl)cc1Cl)c1ccc(F)cc1)c1ccc([N+](=O)[O-])cc1. The van der Waals surface area contributed by atoms with Crippen molar-refractivity contribution in [2.24, 2.45) is 0 Å². The Morgan fingerprint density at radius 1 is 1.00 bits per heavy atom. The van der Waals surface area contributed by atoms with E-state index in [2.05, 4.69) is 5.32 Å². The average molecular weight is 476 g/mol. The number of nitrogens with zero attached hydrogens (tertiary/aromatic N) is 2. The van der Waals surface area contributed by atoms with Crippen LogP contribution in [0.4, 0.5) is 15.8 Å². The van der Waals surface area contributed by atoms with E-state index in [1.807, 2.05) is 0 Å². The lowest BCUT2D eigenvalue weighted by Gasteiger charge is -2.24. The molecule has 0 spiro atoms. The largest absolute Gasteiger partial charge is 0.350 e. The van der Waals surface area contributed by atoms with Gasteiger partial charge in [0.1, 0.15) is 5.82 Å². The summed E-state index contributed by atoms with van der Waals surface area (Å²) in [6, 6.07) is 14.9. The lowest BCUT2D eigenvalue weighted by atomic mass is 10.1. The molecule has 3 aromatic rings. The number of benzene rings is 3. The molecule has 0 unspecified atom stereocenters. The first-order valence-electron chi connectivity index (χ1n) is 9.31. The Bertz CT molecular complexity index is 1150. The van der Waals surface area contributed by atoms with E-state index in [1.165, 1.54) is 71.6 Å². The Labute approximate surface area is 192 Å². The van der Waals surface area contributed by atoms with Gasteiger partial charge in [-0.3, -0.25) is 19.7 Å². The van der Waals surface area contributed by atoms with Gasteiger partial charge in [-0.2, -0.15) is 0 Å². The smallest absolute Gasteiger partial charge is 0.269 e. The Kier molecular flexibility index (Phi) is 7.40. The van der Waals surface area contributed by atoms with Crippen molar-refractivity contribution in [2.75, 3.05) is 18.0 Å². The van der Waals surface area contributed by atoms with Crippen LogP contribution in [-0.2, 0) is 0 Å². The summed E-state index contributed by atoms with van der Waals surface area (Å²) in [6.07, 6.45) is 0. The molecule has 0 aliphatic carbocycles. The highest BCUT2D eigenvalue weighted by molar-refractivity contribution is 6.37. The Hall–Kier alpha value is -3.49. The second-order valence-electron chi connectivity index (χ2n) is 6.62. The highest BCUT2D eigenvalue weighted by Crippen LogP contribution is 2.25. The van der Waals surface area contributed by atoms with Crippen LogP contribution in [0.25, 0.3) is 0 Å². The summed E-state index contributed by atoms with van der Waals surface area (Å²) in [5.41, 5.74) is 0.708. The predicted molar refractivity (Wildman–Crippen MR) is 120 cm³/mol. The number of rotatable bonds is 7. The fraction of sp³-hybridized carbons (Fsp3) is 0.0909. The summed E-state index contributed by atoms with van der Waals surface area (Å²) < 4.78 is 13.4. The minimum atomic E-state index is -0.560. The maximum absolute atomic E-state index is 13.4. The molecule has 0 heterocycles. The molecule has 10 heteroatoms. The number of carbonyl (C=O) groups is 2. The number of hydrogen-bond donors (Lipinski definition) is 1. The van der Waals surface area contributed by atoms with Crippen molar-refractivity contribution in [3.63, 3.8) is 0 Å². The van der Waals surface area contributed by atoms with Crippen LogP contribution in [0.15, 0.2) is 66.7 Å². The zero-order chi connectivity index (χ0) is 23.3. The van der Waals surface area contributed by atoms with Crippen LogP contribution in [0.2, 0.25) is 10.0 Å². The minimum absolute atomic E-state index is 0.0577. The molecule has 0 saturated heterocycles. The lowest BCUT2D eigenvalue weighted by molar-refractivity contribution is -0.384. The molecule has 0 atom stereocenters. The number of amides is 2. The van der Waals surface area contributed by atoms with Gasteiger partial charge in [0, 0.05) is 41.5 Å². The molecule has 1 N–H and O–H groups in total. The third kappa shape index (κ3) is 5.60. The summed E-state index contributed by atoms with van der Waals surface area (Å²) in [5, 5.41) is 13.9. The molecule has 0 aromatic heterocycles. The van der Waals surface area contributed by atoms with Crippen LogP contribution in [-0.4, -0.2) is 29.8 Å². The van der Waals surface area contributed by atoms with Crippen LogP contribution in [0.5, 0.6) is 0 Å². The second-order valence-corrected chi connectivity index (χ2v) is 7.46. The van der Waals surface area contributed by atoms with Crippen LogP contribution < -0.4 is 10.2 Å². The summed E-state index contributed by atoms with van der Waals surface area (Å²) in [6.45, 7) is 0.117. The van der Waals surface area contributed by atoms with Gasteiger partial charge in [0.05, 0.1) is 15.5 Å². The molecule has 0 aliphatic rings. The van der Waals surface area contributed by atoms with Gasteiger partial charge in [-0.1, -0.05) is 23.2 Å². The lowest BCUT2D eigenvalue weighted by Crippen LogP contribution is -2.39. The number of hydrogen-bond acceptors (Lipinski definition) is 4. The van der Waals surface area contributed by atoms with E-state index < -0.39 is 22.6 Å². The van der Waals surface area contributed by atoms with E-state index in [9.17, 15) is 24.1 Å². The van der Waals surface area contributed by atoms with E-state index in [-0.39, 0.29) is 34.9 Å². The number of halogens is 3. The standard InChI is InChI=1S/C22H16Cl2FN3O4/c23-15-3-10-19(20(24)13-15)22(30)27(17-8-4-16(25)5-9-17)12-11-26-21(29)14-1-6-18(7-2-14)28(31)32/h1-10,13H,11-12H2,(H,26,29). The molecule has 0 aliphatic heterocycles. The fourth-order valence-corrected chi connectivity index (χ4v) is 3.38. The normalized spacial score (nSPS) is 10.5. The fourth-order valence-electron chi connectivity index (χ4n) is 2.90. The van der Waals surface area contributed by atoms with E-state index in [0.29, 0.717) is 10.7 Å². The molecule has 7 nitrogen and oxygen atoms in total. The van der Waals surface area contributed by atoms with E-state index in [1.54, 1.807) is 0 Å². The second kappa shape index (κ2) is 10.2. The first kappa shape index (κ1) is 23.2. The van der Waals surface area contributed by atoms with E-state index in [0.717, 1.165) is 0 Å². The molecular formula is C22H16Cl2FN3O4. The molecule has 3 aromatic carbocycles. The Morgan fingerprint density at radius 3 is 2.25 bits per heavy atom. The highest BCUT2D eigenvalue weighted by Gasteiger charge is 2.21. The summed E-state index contributed by atoms with van der Waals surface area (Å²) in [4.78, 5) is 37.0. The first-order valence-corrected chi connectivity index (χ1v) is 10.1. The average Bonchev–Trinajstić information content (AvgIpc) is 2.77. The van der Waals surface area contributed by atoms with Crippen molar-refractivity contribution in [1.29, 1.82) is 0 Å². The van der Waals surface area contributed by atoms with Crippen LogP contribution in [0, 0.1) is 15.9 Å². The van der Waals surface area contributed by atoms with Crippen molar-refractivity contribution in [2.45, 2.75) is 0 Å². The number of non-ortho nitro benzene ring substituents is 1. The third-order valence-corrected chi connectivity index (χ3v) is 5.05. The Morgan fingerprint density at radius 2 is 1.66 bits per heavy atom. The van der Waals surface area contributed by atoms with Crippen LogP contribution in [0.3, 0.4) is 0 Å². The molecule has 3 rings (SSSR count). The zero-order valence-corrected chi connectivity index (χ0v) is 17.9. The van der Waals surface area contributed by atoms with Gasteiger partial charge < -0.3 is 10.2 Å². The van der Waals surface area contributed by atoms with E-state index >= 15 is 0 Å². The number of anilines is 1. The van der Waals surface area contributed by atoms with Gasteiger partial charge >= 0.3 is 0 Å². The monoisotopic (exact) mass is 475 g/mol. The van der Waals surface area contributed by atoms with Gasteiger partial charge in [0.2, 0.25) is 0 Å². The molecule has 0 bridgehead atoms. The topological polar surface area (TPSA) is 92.6 Å². The maximum Gasteiger partial charge on any atom is 0.269 e. The molecule has 32 heavy (non-hydrogen) atoms. The number of carbonyl (C=O) groups excluding carboxylic acids is 2. The third-order valence-electron chi connectivity index (χ3n) is 4.51. The molecule has 0 radical (unpaired) electrons. The van der Waals surface area contributed by atoms with Crippen molar-refractivity contribution in [3.8, 4) is 0 Å². The molecule has 2 amide bonds. The van der Waals surface area contributed by atoms with Crippen molar-refractivity contribution >= 4 is 46.4 Å². The van der Waals surface area contributed by atoms with Crippen LogP contribution in [0.1, 0.15) is 20.7 Å². The van der Waals surface area contributed by atoms with E-state index in [4.69, 9.17) is 23.2 Å². The quantitative estimate of drug-likeness (QED) is 0.379.